The minimum absolute atomic E-state index is 0.615. The van der Waals surface area contributed by atoms with E-state index in [9.17, 15) is 4.21 Å². The van der Waals surface area contributed by atoms with Crippen molar-refractivity contribution in [3.05, 3.63) is 33.9 Å². The van der Waals surface area contributed by atoms with Crippen LogP contribution in [0.15, 0.2) is 33.8 Å². The van der Waals surface area contributed by atoms with Gasteiger partial charge in [0.2, 0.25) is 0 Å². The largest absolute Gasteiger partial charge is 0.249 e. The molecule has 6 heteroatoms. The van der Waals surface area contributed by atoms with E-state index in [-0.39, 0.29) is 0 Å². The van der Waals surface area contributed by atoms with E-state index in [0.29, 0.717) is 12.5 Å². The first-order chi connectivity index (χ1) is 11.2. The third kappa shape index (κ3) is 4.10. The molecule has 2 aromatic rings. The number of nitrogens with one attached hydrogen (secondary N) is 1. The molecule has 0 bridgehead atoms. The molecule has 124 valence electrons. The summed E-state index contributed by atoms with van der Waals surface area (Å²) < 4.78 is 16.5. The summed E-state index contributed by atoms with van der Waals surface area (Å²) in [7, 11) is -1.59. The number of hydrogen-bond acceptors (Lipinski definition) is 3. The van der Waals surface area contributed by atoms with Gasteiger partial charge in [0, 0.05) is 34.8 Å². The molecule has 1 fully saturated rings. The van der Waals surface area contributed by atoms with Crippen molar-refractivity contribution in [2.24, 2.45) is 0 Å². The van der Waals surface area contributed by atoms with E-state index >= 15 is 0 Å². The summed E-state index contributed by atoms with van der Waals surface area (Å²) in [4.78, 5) is 6.65. The minimum Gasteiger partial charge on any atom is -0.249 e. The van der Waals surface area contributed by atoms with Gasteiger partial charge in [-0.25, -0.2) is 4.98 Å². The summed E-state index contributed by atoms with van der Waals surface area (Å²) in [5.41, 5.74) is 1.04. The van der Waals surface area contributed by atoms with E-state index in [2.05, 4.69) is 25.6 Å². The first-order valence-corrected chi connectivity index (χ1v) is 11.0. The van der Waals surface area contributed by atoms with Crippen molar-refractivity contribution in [3.63, 3.8) is 0 Å². The molecule has 1 aromatic carbocycles. The van der Waals surface area contributed by atoms with E-state index in [0.717, 1.165) is 19.8 Å². The Balaban J connectivity index is 1.92. The van der Waals surface area contributed by atoms with E-state index in [1.54, 1.807) is 11.3 Å². The van der Waals surface area contributed by atoms with Crippen molar-refractivity contribution >= 4 is 38.3 Å². The second-order valence-corrected chi connectivity index (χ2v) is 9.23. The molecule has 0 spiro atoms. The summed E-state index contributed by atoms with van der Waals surface area (Å²) in [6.45, 7) is 2.66. The Hall–Kier alpha value is -0.560. The Morgan fingerprint density at radius 2 is 2.13 bits per heavy atom. The number of aromatic nitrogens is 1. The van der Waals surface area contributed by atoms with E-state index in [4.69, 9.17) is 0 Å². The van der Waals surface area contributed by atoms with Gasteiger partial charge in [-0.2, -0.15) is 0 Å². The lowest BCUT2D eigenvalue weighted by molar-refractivity contribution is 0.442. The SMILES string of the molecule is CCN[SH+](=O)c1cc(Br)ccc1-c1cnc(C2CCCCC2)s1. The quantitative estimate of drug-likeness (QED) is 0.540. The third-order valence-electron chi connectivity index (χ3n) is 4.22. The molecule has 1 aliphatic rings. The Bertz CT molecular complexity index is 696. The van der Waals surface area contributed by atoms with Crippen molar-refractivity contribution in [2.75, 3.05) is 6.54 Å². The maximum Gasteiger partial charge on any atom is 0.184 e. The van der Waals surface area contributed by atoms with Crippen LogP contribution in [0, 0.1) is 0 Å². The highest BCUT2D eigenvalue weighted by Crippen LogP contribution is 2.39. The number of halogens is 1. The van der Waals surface area contributed by atoms with Gasteiger partial charge in [-0.05, 0) is 31.9 Å². The molecule has 1 aromatic heterocycles. The minimum atomic E-state index is -1.59. The van der Waals surface area contributed by atoms with Crippen LogP contribution >= 0.6 is 27.3 Å². The van der Waals surface area contributed by atoms with Crippen LogP contribution in [0.1, 0.15) is 50.0 Å². The predicted octanol–water partition coefficient (Wildman–Crippen LogP) is 5.20. The number of thiazole rings is 1. The Morgan fingerprint density at radius 1 is 1.35 bits per heavy atom. The standard InChI is InChI=1S/C17H21BrN2OS2/c1-2-20-23(21)16-10-13(18)8-9-14(16)15-11-19-17(22-15)12-6-4-3-5-7-12/h8-12H,2-7H2,1H3,(H,20,21)/p+1. The second-order valence-electron chi connectivity index (χ2n) is 5.87. The van der Waals surface area contributed by atoms with Crippen LogP contribution < -0.4 is 4.72 Å². The molecule has 1 N–H and O–H groups in total. The topological polar surface area (TPSA) is 42.0 Å². The van der Waals surface area contributed by atoms with Gasteiger partial charge in [0.05, 0.1) is 9.88 Å². The zero-order valence-electron chi connectivity index (χ0n) is 13.2. The second kappa shape index (κ2) is 8.01. The molecule has 1 aliphatic carbocycles. The third-order valence-corrected chi connectivity index (χ3v) is 7.32. The van der Waals surface area contributed by atoms with E-state index in [1.807, 2.05) is 31.3 Å². The van der Waals surface area contributed by atoms with Gasteiger partial charge in [-0.1, -0.05) is 39.4 Å². The number of rotatable bonds is 5. The first kappa shape index (κ1) is 17.3. The lowest BCUT2D eigenvalue weighted by atomic mass is 9.90. The van der Waals surface area contributed by atoms with Crippen molar-refractivity contribution in [3.8, 4) is 10.4 Å². The molecule has 3 nitrogen and oxygen atoms in total. The average Bonchev–Trinajstić information content (AvgIpc) is 3.05. The first-order valence-electron chi connectivity index (χ1n) is 8.15. The molecule has 0 saturated heterocycles. The molecule has 1 saturated carbocycles. The Labute approximate surface area is 152 Å². The van der Waals surface area contributed by atoms with Crippen molar-refractivity contribution in [1.29, 1.82) is 0 Å². The fraction of sp³-hybridized carbons (Fsp3) is 0.471. The molecule has 0 aliphatic heterocycles. The van der Waals surface area contributed by atoms with Crippen molar-refractivity contribution < 1.29 is 4.21 Å². The van der Waals surface area contributed by atoms with Gasteiger partial charge in [-0.3, -0.25) is 0 Å². The van der Waals surface area contributed by atoms with Gasteiger partial charge in [0.15, 0.2) is 15.9 Å². The summed E-state index contributed by atoms with van der Waals surface area (Å²) in [6.07, 6.45) is 8.45. The molecule has 1 atom stereocenters. The maximum atomic E-state index is 12.5. The average molecular weight is 414 g/mol. The van der Waals surface area contributed by atoms with Gasteiger partial charge >= 0.3 is 0 Å². The molecule has 1 heterocycles. The molecular weight excluding hydrogens is 392 g/mol. The zero-order valence-corrected chi connectivity index (χ0v) is 16.5. The highest BCUT2D eigenvalue weighted by Gasteiger charge is 2.22. The smallest absolute Gasteiger partial charge is 0.184 e. The number of thiol groups is 1. The normalized spacial score (nSPS) is 17.3. The number of benzene rings is 1. The van der Waals surface area contributed by atoms with Crippen molar-refractivity contribution in [1.82, 2.24) is 9.71 Å². The molecular formula is C17H22BrN2OS2+. The predicted molar refractivity (Wildman–Crippen MR) is 102 cm³/mol. The summed E-state index contributed by atoms with van der Waals surface area (Å²) in [5.74, 6) is 0.615. The highest BCUT2D eigenvalue weighted by atomic mass is 79.9. The van der Waals surface area contributed by atoms with Crippen LogP contribution in [0.5, 0.6) is 0 Å². The molecule has 3 rings (SSSR count). The Morgan fingerprint density at radius 3 is 2.87 bits per heavy atom. The van der Waals surface area contributed by atoms with Crippen LogP contribution in [0.2, 0.25) is 0 Å². The summed E-state index contributed by atoms with van der Waals surface area (Å²) >= 11 is 5.25. The van der Waals surface area contributed by atoms with Gasteiger partial charge in [0.1, 0.15) is 0 Å². The zero-order chi connectivity index (χ0) is 16.2. The van der Waals surface area contributed by atoms with Crippen LogP contribution in [-0.2, 0) is 15.2 Å². The fourth-order valence-corrected chi connectivity index (χ4v) is 5.93. The molecule has 0 amide bonds. The van der Waals surface area contributed by atoms with Gasteiger partial charge in [-0.15, -0.1) is 16.1 Å². The van der Waals surface area contributed by atoms with Crippen molar-refractivity contribution in [2.45, 2.75) is 49.8 Å². The molecule has 0 radical (unpaired) electrons. The summed E-state index contributed by atoms with van der Waals surface area (Å²) in [6, 6.07) is 6.01. The van der Waals surface area contributed by atoms with E-state index in [1.165, 1.54) is 37.1 Å². The molecule has 23 heavy (non-hydrogen) atoms. The lowest BCUT2D eigenvalue weighted by Crippen LogP contribution is -2.16. The van der Waals surface area contributed by atoms with Crippen LogP contribution in [-0.4, -0.2) is 11.5 Å². The summed E-state index contributed by atoms with van der Waals surface area (Å²) in [5, 5.41) is 1.24. The lowest BCUT2D eigenvalue weighted by Gasteiger charge is -2.18. The van der Waals surface area contributed by atoms with Crippen LogP contribution in [0.3, 0.4) is 0 Å². The Kier molecular flexibility index (Phi) is 6.01. The highest BCUT2D eigenvalue weighted by molar-refractivity contribution is 9.10. The van der Waals surface area contributed by atoms with Gasteiger partial charge in [0.25, 0.3) is 0 Å². The van der Waals surface area contributed by atoms with Crippen LogP contribution in [0.4, 0.5) is 0 Å². The maximum absolute atomic E-state index is 12.5. The monoisotopic (exact) mass is 413 g/mol. The van der Waals surface area contributed by atoms with Crippen LogP contribution in [0.25, 0.3) is 10.4 Å². The fourth-order valence-electron chi connectivity index (χ4n) is 3.06. The number of nitrogens with zero attached hydrogens (tertiary/aromatic N) is 1. The number of hydrogen-bond donors (Lipinski definition) is 1. The van der Waals surface area contributed by atoms with E-state index < -0.39 is 11.0 Å². The molecule has 1 unspecified atom stereocenters. The van der Waals surface area contributed by atoms with Gasteiger partial charge < -0.3 is 0 Å².